The van der Waals surface area contributed by atoms with Crippen LogP contribution >= 0.6 is 0 Å². The molecule has 312 valence electrons. The smallest absolute Gasteiger partial charge is 0.207 e. The van der Waals surface area contributed by atoms with Crippen molar-refractivity contribution in [2.45, 2.75) is 29.6 Å². The molecule has 0 spiro atoms. The summed E-state index contributed by atoms with van der Waals surface area (Å²) in [4.78, 5) is 0.755. The number of hydrogen-bond acceptors (Lipinski definition) is 2. The molecule has 5 heteroatoms. The largest absolute Gasteiger partial charge is 0.309 e. The Morgan fingerprint density at radius 2 is 0.864 bits per heavy atom. The molecule has 3 heterocycles. The Balaban J connectivity index is 0.808. The second kappa shape index (κ2) is 13.8. The van der Waals surface area contributed by atoms with Crippen LogP contribution in [0.25, 0.3) is 99.1 Å². The molecule has 0 atom stereocenters. The molecule has 12 aromatic rings. The summed E-state index contributed by atoms with van der Waals surface area (Å²) >= 11 is 0. The SMILES string of the molecule is Cc1cccc(-c2ccc3c(c2)-c2cc(-c4ccc5cc6c(cc5c4)Cc4ccc(-n5c7ccccc7c7cc(-n8c9ccccc9c9ccccc98)ccc75)cc4C6)ccc2S3(=O)=O)c1. The molecule has 1 aliphatic heterocycles. The van der Waals surface area contributed by atoms with Gasteiger partial charge in [0.25, 0.3) is 0 Å². The molecule has 2 aliphatic rings. The van der Waals surface area contributed by atoms with Crippen molar-refractivity contribution >= 4 is 64.2 Å². The lowest BCUT2D eigenvalue weighted by Gasteiger charge is -2.22. The van der Waals surface area contributed by atoms with Crippen molar-refractivity contribution in [3.8, 4) is 44.8 Å². The molecule has 0 bridgehead atoms. The maximum Gasteiger partial charge on any atom is 0.207 e. The number of hydrogen-bond donors (Lipinski definition) is 0. The van der Waals surface area contributed by atoms with Gasteiger partial charge in [0.05, 0.1) is 31.9 Å². The molecule has 14 rings (SSSR count). The standard InChI is InChI=1S/C61H40N2O2S/c1-37-9-8-10-38(27-37)42-20-25-60-54(34-42)55-35-43(21-26-61(55)66(60,64)65)39-17-18-40-29-46-32-47-33-48(22-19-41(47)30-45(46)31-44(40)28-39)62-58-16-7-4-13-52(58)53-36-49(23-24-59(53)62)63-56-14-5-2-11-50(56)51-12-3-6-15-57(51)63/h2-29,31,33-36H,30,32H2,1H3. The van der Waals surface area contributed by atoms with Gasteiger partial charge in [0.1, 0.15) is 0 Å². The zero-order chi connectivity index (χ0) is 43.8. The number of sulfone groups is 1. The predicted octanol–water partition coefficient (Wildman–Crippen LogP) is 15.0. The van der Waals surface area contributed by atoms with Crippen LogP contribution in [-0.4, -0.2) is 17.6 Å². The Labute approximate surface area is 382 Å². The minimum atomic E-state index is -3.60. The van der Waals surface area contributed by atoms with E-state index >= 15 is 0 Å². The predicted molar refractivity (Wildman–Crippen MR) is 271 cm³/mol. The normalized spacial score (nSPS) is 13.7. The molecule has 10 aromatic carbocycles. The van der Waals surface area contributed by atoms with Crippen molar-refractivity contribution in [3.63, 3.8) is 0 Å². The molecule has 1 aliphatic carbocycles. The molecule has 0 amide bonds. The lowest BCUT2D eigenvalue weighted by molar-refractivity contribution is 0.598. The van der Waals surface area contributed by atoms with Gasteiger partial charge in [-0.2, -0.15) is 0 Å². The van der Waals surface area contributed by atoms with E-state index in [4.69, 9.17) is 0 Å². The Bertz CT molecular complexity index is 4150. The topological polar surface area (TPSA) is 44.0 Å². The highest BCUT2D eigenvalue weighted by Crippen LogP contribution is 2.47. The van der Waals surface area contributed by atoms with E-state index in [9.17, 15) is 8.42 Å². The molecule has 0 saturated heterocycles. The Morgan fingerprint density at radius 1 is 0.364 bits per heavy atom. The number of benzene rings is 10. The number of rotatable bonds is 4. The van der Waals surface area contributed by atoms with Crippen molar-refractivity contribution in [2.24, 2.45) is 0 Å². The quantitative estimate of drug-likeness (QED) is 0.177. The summed E-state index contributed by atoms with van der Waals surface area (Å²) in [6.07, 6.45) is 1.74. The van der Waals surface area contributed by atoms with Crippen LogP contribution < -0.4 is 0 Å². The lowest BCUT2D eigenvalue weighted by atomic mass is 9.84. The summed E-state index contributed by atoms with van der Waals surface area (Å²) in [5.41, 5.74) is 19.5. The van der Waals surface area contributed by atoms with E-state index in [1.54, 1.807) is 12.1 Å². The van der Waals surface area contributed by atoms with Crippen molar-refractivity contribution < 1.29 is 8.42 Å². The second-order valence-corrected chi connectivity index (χ2v) is 20.1. The number of aromatic nitrogens is 2. The third-order valence-electron chi connectivity index (χ3n) is 14.4. The summed E-state index contributed by atoms with van der Waals surface area (Å²) in [7, 11) is -3.60. The summed E-state index contributed by atoms with van der Waals surface area (Å²) in [5.74, 6) is 0. The van der Waals surface area contributed by atoms with Gasteiger partial charge in [0.15, 0.2) is 0 Å². The van der Waals surface area contributed by atoms with E-state index in [1.807, 2.05) is 24.3 Å². The molecule has 2 aromatic heterocycles. The summed E-state index contributed by atoms with van der Waals surface area (Å²) < 4.78 is 32.3. The van der Waals surface area contributed by atoms with Crippen LogP contribution in [0.2, 0.25) is 0 Å². The molecule has 0 saturated carbocycles. The first-order valence-corrected chi connectivity index (χ1v) is 24.1. The van der Waals surface area contributed by atoms with Gasteiger partial charge < -0.3 is 9.13 Å². The summed E-state index contributed by atoms with van der Waals surface area (Å²) in [5, 5.41) is 7.40. The lowest BCUT2D eigenvalue weighted by Crippen LogP contribution is -2.08. The van der Waals surface area contributed by atoms with Crippen molar-refractivity contribution in [1.29, 1.82) is 0 Å². The van der Waals surface area contributed by atoms with Crippen molar-refractivity contribution in [1.82, 2.24) is 9.13 Å². The number of fused-ring (bicyclic) bond motifs is 12. The fourth-order valence-electron chi connectivity index (χ4n) is 11.2. The van der Waals surface area contributed by atoms with E-state index in [0.717, 1.165) is 51.9 Å². The summed E-state index contributed by atoms with van der Waals surface area (Å²) in [6, 6.07) is 71.5. The van der Waals surface area contributed by atoms with Gasteiger partial charge in [-0.05, 0) is 154 Å². The van der Waals surface area contributed by atoms with E-state index < -0.39 is 9.84 Å². The maximum absolute atomic E-state index is 13.7. The zero-order valence-corrected chi connectivity index (χ0v) is 36.9. The average Bonchev–Trinajstić information content (AvgIpc) is 3.94. The minimum absolute atomic E-state index is 0.377. The molecular weight excluding hydrogens is 825 g/mol. The van der Waals surface area contributed by atoms with E-state index in [-0.39, 0.29) is 0 Å². The van der Waals surface area contributed by atoms with Gasteiger partial charge in [-0.3, -0.25) is 0 Å². The molecule has 0 radical (unpaired) electrons. The van der Waals surface area contributed by atoms with Gasteiger partial charge in [-0.15, -0.1) is 0 Å². The van der Waals surface area contributed by atoms with Gasteiger partial charge in [-0.25, -0.2) is 8.42 Å². The first-order valence-electron chi connectivity index (χ1n) is 22.6. The maximum atomic E-state index is 13.7. The third kappa shape index (κ3) is 5.47. The van der Waals surface area contributed by atoms with Gasteiger partial charge in [0, 0.05) is 44.0 Å². The second-order valence-electron chi connectivity index (χ2n) is 18.2. The van der Waals surface area contributed by atoms with E-state index in [2.05, 4.69) is 180 Å². The first-order chi connectivity index (χ1) is 32.3. The van der Waals surface area contributed by atoms with E-state index in [0.29, 0.717) is 9.79 Å². The third-order valence-corrected chi connectivity index (χ3v) is 16.2. The monoisotopic (exact) mass is 864 g/mol. The van der Waals surface area contributed by atoms with Crippen LogP contribution in [0, 0.1) is 6.92 Å². The van der Waals surface area contributed by atoms with Crippen LogP contribution in [0.15, 0.2) is 210 Å². The van der Waals surface area contributed by atoms with Crippen LogP contribution in [0.5, 0.6) is 0 Å². The fraction of sp³-hybridized carbons (Fsp3) is 0.0492. The Kier molecular flexibility index (Phi) is 7.80. The highest BCUT2D eigenvalue weighted by atomic mass is 32.2. The van der Waals surface area contributed by atoms with Crippen LogP contribution in [0.4, 0.5) is 0 Å². The molecule has 4 nitrogen and oxygen atoms in total. The van der Waals surface area contributed by atoms with Gasteiger partial charge >= 0.3 is 0 Å². The van der Waals surface area contributed by atoms with Gasteiger partial charge in [0.2, 0.25) is 9.84 Å². The molecule has 0 unspecified atom stereocenters. The van der Waals surface area contributed by atoms with Crippen LogP contribution in [0.3, 0.4) is 0 Å². The molecule has 0 N–H and O–H groups in total. The Morgan fingerprint density at radius 3 is 1.52 bits per heavy atom. The zero-order valence-electron chi connectivity index (χ0n) is 36.1. The molecular formula is C61H40N2O2S. The minimum Gasteiger partial charge on any atom is -0.309 e. The Hall–Kier alpha value is -7.99. The van der Waals surface area contributed by atoms with Crippen LogP contribution in [0.1, 0.15) is 27.8 Å². The van der Waals surface area contributed by atoms with Crippen LogP contribution in [-0.2, 0) is 22.7 Å². The number of nitrogens with zero attached hydrogens (tertiary/aromatic N) is 2. The number of para-hydroxylation sites is 3. The molecule has 66 heavy (non-hydrogen) atoms. The fourth-order valence-corrected chi connectivity index (χ4v) is 12.9. The van der Waals surface area contributed by atoms with Gasteiger partial charge in [-0.1, -0.05) is 127 Å². The number of aryl methyl sites for hydroxylation is 1. The van der Waals surface area contributed by atoms with Crippen molar-refractivity contribution in [2.75, 3.05) is 0 Å². The highest BCUT2D eigenvalue weighted by molar-refractivity contribution is 7.92. The molecule has 0 fully saturated rings. The van der Waals surface area contributed by atoms with E-state index in [1.165, 1.54) is 87.9 Å². The highest BCUT2D eigenvalue weighted by Gasteiger charge is 2.33. The van der Waals surface area contributed by atoms with Crippen molar-refractivity contribution in [3.05, 3.63) is 228 Å². The average molecular weight is 865 g/mol. The first kappa shape index (κ1) is 37.4. The summed E-state index contributed by atoms with van der Waals surface area (Å²) in [6.45, 7) is 2.08.